The molecule has 0 unspecified atom stereocenters. The van der Waals surface area contributed by atoms with E-state index in [1.807, 2.05) is 38.1 Å². The number of rotatable bonds is 9. The zero-order valence-electron chi connectivity index (χ0n) is 17.0. The predicted octanol–water partition coefficient (Wildman–Crippen LogP) is 5.38. The van der Waals surface area contributed by atoms with E-state index < -0.39 is 4.92 Å². The number of nitrogens with zero attached hydrogens (tertiary/aromatic N) is 3. The van der Waals surface area contributed by atoms with E-state index in [1.54, 1.807) is 12.1 Å². The molecule has 1 heterocycles. The molecule has 0 atom stereocenters. The van der Waals surface area contributed by atoms with E-state index in [9.17, 15) is 10.1 Å². The van der Waals surface area contributed by atoms with Crippen LogP contribution in [0.1, 0.15) is 23.6 Å². The summed E-state index contributed by atoms with van der Waals surface area (Å²) < 4.78 is 11.6. The number of hydrogen-bond donors (Lipinski definition) is 1. The highest BCUT2D eigenvalue weighted by molar-refractivity contribution is 6.32. The van der Waals surface area contributed by atoms with Crippen molar-refractivity contribution in [2.24, 2.45) is 5.10 Å². The van der Waals surface area contributed by atoms with Crippen LogP contribution in [-0.4, -0.2) is 22.7 Å². The number of nitro groups is 1. The summed E-state index contributed by atoms with van der Waals surface area (Å²) in [5.74, 6) is 0.960. The van der Waals surface area contributed by atoms with Gasteiger partial charge in [0, 0.05) is 12.3 Å². The van der Waals surface area contributed by atoms with E-state index >= 15 is 0 Å². The molecule has 0 saturated heterocycles. The van der Waals surface area contributed by atoms with Gasteiger partial charge in [0.05, 0.1) is 22.8 Å². The summed E-state index contributed by atoms with van der Waals surface area (Å²) in [5.41, 5.74) is 5.20. The van der Waals surface area contributed by atoms with Crippen LogP contribution in [0.3, 0.4) is 0 Å². The van der Waals surface area contributed by atoms with Crippen molar-refractivity contribution in [3.63, 3.8) is 0 Å². The summed E-state index contributed by atoms with van der Waals surface area (Å²) in [7, 11) is 0. The number of ether oxygens (including phenoxy) is 2. The predicted molar refractivity (Wildman–Crippen MR) is 120 cm³/mol. The Hall–Kier alpha value is -3.65. The highest BCUT2D eigenvalue weighted by Gasteiger charge is 2.14. The van der Waals surface area contributed by atoms with Gasteiger partial charge >= 0.3 is 5.69 Å². The summed E-state index contributed by atoms with van der Waals surface area (Å²) in [6, 6.07) is 14.2. The third kappa shape index (κ3) is 5.93. The topological polar surface area (TPSA) is 98.9 Å². The number of hydrazone groups is 1. The Balaban J connectivity index is 1.78. The van der Waals surface area contributed by atoms with Crippen LogP contribution < -0.4 is 14.9 Å². The molecule has 8 nitrogen and oxygen atoms in total. The molecule has 1 aromatic heterocycles. The van der Waals surface area contributed by atoms with Gasteiger partial charge in [-0.1, -0.05) is 41.4 Å². The monoisotopic (exact) mass is 440 g/mol. The van der Waals surface area contributed by atoms with Crippen LogP contribution in [0.4, 0.5) is 11.5 Å². The van der Waals surface area contributed by atoms with Crippen LogP contribution in [0.15, 0.2) is 59.8 Å². The number of anilines is 1. The SMILES string of the molecule is CCOc1cc(/C=N\Nc2ncccc2[N+](=O)[O-])cc(Cl)c1OCc1cccc(C)c1. The number of benzene rings is 2. The Kier molecular flexibility index (Phi) is 7.40. The molecule has 0 aliphatic rings. The fraction of sp³-hybridized carbons (Fsp3) is 0.182. The minimum absolute atomic E-state index is 0.0398. The zero-order chi connectivity index (χ0) is 22.2. The Bertz CT molecular complexity index is 1100. The van der Waals surface area contributed by atoms with Crippen molar-refractivity contribution in [2.45, 2.75) is 20.5 Å². The lowest BCUT2D eigenvalue weighted by Crippen LogP contribution is -2.02. The quantitative estimate of drug-likeness (QED) is 0.272. The van der Waals surface area contributed by atoms with E-state index in [0.717, 1.165) is 11.1 Å². The third-order valence-corrected chi connectivity index (χ3v) is 4.45. The van der Waals surface area contributed by atoms with E-state index in [4.69, 9.17) is 21.1 Å². The highest BCUT2D eigenvalue weighted by atomic mass is 35.5. The maximum atomic E-state index is 11.1. The van der Waals surface area contributed by atoms with Crippen molar-refractivity contribution < 1.29 is 14.4 Å². The van der Waals surface area contributed by atoms with Crippen molar-refractivity contribution in [1.29, 1.82) is 0 Å². The van der Waals surface area contributed by atoms with Gasteiger partial charge in [0.2, 0.25) is 5.82 Å². The van der Waals surface area contributed by atoms with E-state index in [0.29, 0.717) is 35.3 Å². The van der Waals surface area contributed by atoms with E-state index in [2.05, 4.69) is 15.5 Å². The van der Waals surface area contributed by atoms with Crippen LogP contribution in [0, 0.1) is 17.0 Å². The molecule has 0 aliphatic carbocycles. The molecule has 0 bridgehead atoms. The first-order valence-electron chi connectivity index (χ1n) is 9.51. The maximum absolute atomic E-state index is 11.1. The number of halogens is 1. The first-order valence-corrected chi connectivity index (χ1v) is 9.89. The number of hydrogen-bond acceptors (Lipinski definition) is 7. The lowest BCUT2D eigenvalue weighted by Gasteiger charge is -2.14. The second-order valence-corrected chi connectivity index (χ2v) is 6.95. The molecule has 9 heteroatoms. The second-order valence-electron chi connectivity index (χ2n) is 6.54. The molecular weight excluding hydrogens is 420 g/mol. The summed E-state index contributed by atoms with van der Waals surface area (Å²) in [5, 5.41) is 15.5. The normalized spacial score (nSPS) is 10.8. The van der Waals surface area contributed by atoms with Crippen molar-refractivity contribution in [2.75, 3.05) is 12.0 Å². The standard InChI is InChI=1S/C22H21ClN4O4/c1-3-30-20-12-17(13-25-26-22-19(27(28)29)8-5-9-24-22)11-18(23)21(20)31-14-16-7-4-6-15(2)10-16/h4-13H,3,14H2,1-2H3,(H,24,26)/b25-13-. The summed E-state index contributed by atoms with van der Waals surface area (Å²) in [6.07, 6.45) is 2.91. The first kappa shape index (κ1) is 22.0. The Morgan fingerprint density at radius 3 is 2.81 bits per heavy atom. The van der Waals surface area contributed by atoms with Gasteiger partial charge in [0.1, 0.15) is 6.61 Å². The van der Waals surface area contributed by atoms with Crippen LogP contribution >= 0.6 is 11.6 Å². The van der Waals surface area contributed by atoms with Gasteiger partial charge in [-0.05, 0) is 43.2 Å². The molecule has 1 N–H and O–H groups in total. The van der Waals surface area contributed by atoms with E-state index in [1.165, 1.54) is 24.5 Å². The molecular formula is C22H21ClN4O4. The summed E-state index contributed by atoms with van der Waals surface area (Å²) in [6.45, 7) is 4.65. The van der Waals surface area contributed by atoms with Gasteiger partial charge < -0.3 is 9.47 Å². The zero-order valence-corrected chi connectivity index (χ0v) is 17.8. The minimum Gasteiger partial charge on any atom is -0.490 e. The van der Waals surface area contributed by atoms with Crippen LogP contribution in [-0.2, 0) is 6.61 Å². The van der Waals surface area contributed by atoms with Crippen LogP contribution in [0.5, 0.6) is 11.5 Å². The molecule has 3 rings (SSSR count). The number of aryl methyl sites for hydroxylation is 1. The van der Waals surface area contributed by atoms with Gasteiger partial charge in [-0.15, -0.1) is 0 Å². The highest BCUT2D eigenvalue weighted by Crippen LogP contribution is 2.37. The number of aromatic nitrogens is 1. The average Bonchev–Trinajstić information content (AvgIpc) is 2.74. The van der Waals surface area contributed by atoms with Gasteiger partial charge in [0.25, 0.3) is 0 Å². The molecule has 3 aromatic rings. The lowest BCUT2D eigenvalue weighted by molar-refractivity contribution is -0.384. The van der Waals surface area contributed by atoms with E-state index in [-0.39, 0.29) is 11.5 Å². The molecule has 0 fully saturated rings. The summed E-state index contributed by atoms with van der Waals surface area (Å²) in [4.78, 5) is 14.5. The molecule has 0 aliphatic heterocycles. The molecule has 0 amide bonds. The average molecular weight is 441 g/mol. The molecule has 0 radical (unpaired) electrons. The number of nitrogens with one attached hydrogen (secondary N) is 1. The third-order valence-electron chi connectivity index (χ3n) is 4.16. The van der Waals surface area contributed by atoms with Crippen molar-refractivity contribution >= 4 is 29.3 Å². The Labute approximate surface area is 184 Å². The van der Waals surface area contributed by atoms with Gasteiger partial charge in [-0.25, -0.2) is 4.98 Å². The van der Waals surface area contributed by atoms with Gasteiger partial charge in [-0.2, -0.15) is 5.10 Å². The fourth-order valence-electron chi connectivity index (χ4n) is 2.82. The largest absolute Gasteiger partial charge is 0.490 e. The van der Waals surface area contributed by atoms with Crippen molar-refractivity contribution in [3.8, 4) is 11.5 Å². The molecule has 2 aromatic carbocycles. The first-order chi connectivity index (χ1) is 15.0. The lowest BCUT2D eigenvalue weighted by atomic mass is 10.1. The van der Waals surface area contributed by atoms with Crippen molar-refractivity contribution in [3.05, 3.63) is 86.6 Å². The molecule has 0 spiro atoms. The maximum Gasteiger partial charge on any atom is 0.313 e. The second kappa shape index (κ2) is 10.4. The molecule has 160 valence electrons. The molecule has 0 saturated carbocycles. The van der Waals surface area contributed by atoms with Crippen LogP contribution in [0.2, 0.25) is 5.02 Å². The Morgan fingerprint density at radius 1 is 1.23 bits per heavy atom. The number of pyridine rings is 1. The smallest absolute Gasteiger partial charge is 0.313 e. The van der Waals surface area contributed by atoms with Gasteiger partial charge in [-0.3, -0.25) is 15.5 Å². The van der Waals surface area contributed by atoms with Crippen molar-refractivity contribution in [1.82, 2.24) is 4.98 Å². The Morgan fingerprint density at radius 2 is 2.06 bits per heavy atom. The minimum atomic E-state index is -0.532. The van der Waals surface area contributed by atoms with Crippen LogP contribution in [0.25, 0.3) is 0 Å². The molecule has 31 heavy (non-hydrogen) atoms. The summed E-state index contributed by atoms with van der Waals surface area (Å²) >= 11 is 6.44. The fourth-order valence-corrected chi connectivity index (χ4v) is 3.09. The van der Waals surface area contributed by atoms with Gasteiger partial charge in [0.15, 0.2) is 11.5 Å².